The van der Waals surface area contributed by atoms with E-state index in [1.165, 1.54) is 24.3 Å². The standard InChI is InChI=1S/C11H9NO3/c12-10-4-3-8(11(14)15)7-2-1-6(13)5-9(7)10/h1-5,13H,12H2,(H,14,15). The Morgan fingerprint density at radius 1 is 1.13 bits per heavy atom. The molecule has 4 heteroatoms. The van der Waals surface area contributed by atoms with Gasteiger partial charge >= 0.3 is 5.97 Å². The van der Waals surface area contributed by atoms with E-state index >= 15 is 0 Å². The van der Waals surface area contributed by atoms with Crippen molar-refractivity contribution in [2.24, 2.45) is 0 Å². The summed E-state index contributed by atoms with van der Waals surface area (Å²) in [7, 11) is 0. The van der Waals surface area contributed by atoms with E-state index < -0.39 is 5.97 Å². The first kappa shape index (κ1) is 9.33. The quantitative estimate of drug-likeness (QED) is 0.617. The molecular formula is C11H9NO3. The molecule has 2 aromatic rings. The van der Waals surface area contributed by atoms with Crippen molar-refractivity contribution in [2.75, 3.05) is 5.73 Å². The molecule has 0 unspecified atom stereocenters. The van der Waals surface area contributed by atoms with Crippen LogP contribution in [0, 0.1) is 0 Å². The van der Waals surface area contributed by atoms with Crippen LogP contribution in [0.1, 0.15) is 10.4 Å². The van der Waals surface area contributed by atoms with E-state index in [2.05, 4.69) is 0 Å². The van der Waals surface area contributed by atoms with Crippen LogP contribution in [0.25, 0.3) is 10.8 Å². The highest BCUT2D eigenvalue weighted by molar-refractivity contribution is 6.07. The minimum absolute atomic E-state index is 0.0664. The first-order valence-corrected chi connectivity index (χ1v) is 4.34. The first-order valence-electron chi connectivity index (χ1n) is 4.34. The molecule has 2 aromatic carbocycles. The predicted octanol–water partition coefficient (Wildman–Crippen LogP) is 1.83. The molecule has 0 saturated carbocycles. The number of rotatable bonds is 1. The highest BCUT2D eigenvalue weighted by Crippen LogP contribution is 2.27. The second-order valence-corrected chi connectivity index (χ2v) is 3.24. The minimum atomic E-state index is -1.01. The zero-order chi connectivity index (χ0) is 11.0. The third kappa shape index (κ3) is 1.46. The average molecular weight is 203 g/mol. The van der Waals surface area contributed by atoms with Crippen LogP contribution in [-0.4, -0.2) is 16.2 Å². The molecule has 0 fully saturated rings. The maximum atomic E-state index is 10.9. The molecule has 0 radical (unpaired) electrons. The molecule has 0 aliphatic heterocycles. The zero-order valence-electron chi connectivity index (χ0n) is 7.77. The molecule has 0 aromatic heterocycles. The van der Waals surface area contributed by atoms with E-state index in [1.807, 2.05) is 0 Å². The summed E-state index contributed by atoms with van der Waals surface area (Å²) in [6.07, 6.45) is 0. The minimum Gasteiger partial charge on any atom is -0.508 e. The van der Waals surface area contributed by atoms with Gasteiger partial charge in [0, 0.05) is 11.1 Å². The van der Waals surface area contributed by atoms with Crippen molar-refractivity contribution in [1.82, 2.24) is 0 Å². The van der Waals surface area contributed by atoms with Crippen molar-refractivity contribution in [2.45, 2.75) is 0 Å². The summed E-state index contributed by atoms with van der Waals surface area (Å²) in [6, 6.07) is 7.41. The summed E-state index contributed by atoms with van der Waals surface area (Å²) >= 11 is 0. The lowest BCUT2D eigenvalue weighted by Crippen LogP contribution is -1.99. The molecular weight excluding hydrogens is 194 g/mol. The van der Waals surface area contributed by atoms with Gasteiger partial charge in [-0.2, -0.15) is 0 Å². The largest absolute Gasteiger partial charge is 0.508 e. The highest BCUT2D eigenvalue weighted by Gasteiger charge is 2.10. The van der Waals surface area contributed by atoms with Crippen molar-refractivity contribution in [3.8, 4) is 5.75 Å². The van der Waals surface area contributed by atoms with Gasteiger partial charge in [0.25, 0.3) is 0 Å². The van der Waals surface area contributed by atoms with Crippen LogP contribution in [0.4, 0.5) is 5.69 Å². The Labute approximate surface area is 85.6 Å². The van der Waals surface area contributed by atoms with Gasteiger partial charge in [0.2, 0.25) is 0 Å². The molecule has 15 heavy (non-hydrogen) atoms. The van der Waals surface area contributed by atoms with Gasteiger partial charge in [-0.25, -0.2) is 4.79 Å². The molecule has 0 spiro atoms. The Balaban J connectivity index is 2.88. The number of nitrogen functional groups attached to an aromatic ring is 1. The molecule has 4 nitrogen and oxygen atoms in total. The van der Waals surface area contributed by atoms with Gasteiger partial charge in [0.05, 0.1) is 5.56 Å². The van der Waals surface area contributed by atoms with Gasteiger partial charge in [-0.3, -0.25) is 0 Å². The smallest absolute Gasteiger partial charge is 0.336 e. The molecule has 0 aliphatic carbocycles. The van der Waals surface area contributed by atoms with Crippen molar-refractivity contribution in [1.29, 1.82) is 0 Å². The van der Waals surface area contributed by atoms with E-state index in [4.69, 9.17) is 10.8 Å². The number of nitrogens with two attached hydrogens (primary N) is 1. The van der Waals surface area contributed by atoms with Crippen molar-refractivity contribution in [3.05, 3.63) is 35.9 Å². The molecule has 0 aliphatic rings. The van der Waals surface area contributed by atoms with E-state index in [0.29, 0.717) is 16.5 Å². The van der Waals surface area contributed by atoms with E-state index in [9.17, 15) is 9.90 Å². The van der Waals surface area contributed by atoms with Crippen LogP contribution < -0.4 is 5.73 Å². The molecule has 0 bridgehead atoms. The van der Waals surface area contributed by atoms with Crippen LogP contribution in [0.5, 0.6) is 5.75 Å². The van der Waals surface area contributed by atoms with Gasteiger partial charge in [-0.1, -0.05) is 0 Å². The second kappa shape index (κ2) is 3.16. The molecule has 0 saturated heterocycles. The summed E-state index contributed by atoms with van der Waals surface area (Å²) in [5.74, 6) is -0.942. The Morgan fingerprint density at radius 3 is 2.53 bits per heavy atom. The highest BCUT2D eigenvalue weighted by atomic mass is 16.4. The number of anilines is 1. The summed E-state index contributed by atoms with van der Waals surface area (Å²) in [5, 5.41) is 19.3. The van der Waals surface area contributed by atoms with Gasteiger partial charge in [0.15, 0.2) is 0 Å². The summed E-state index contributed by atoms with van der Waals surface area (Å²) < 4.78 is 0. The van der Waals surface area contributed by atoms with E-state index in [0.717, 1.165) is 0 Å². The normalized spacial score (nSPS) is 10.4. The number of hydrogen-bond acceptors (Lipinski definition) is 3. The number of carboxylic acids is 1. The Hall–Kier alpha value is -2.23. The first-order chi connectivity index (χ1) is 7.09. The number of hydrogen-bond donors (Lipinski definition) is 3. The average Bonchev–Trinajstić information content (AvgIpc) is 2.19. The van der Waals surface area contributed by atoms with Gasteiger partial charge < -0.3 is 15.9 Å². The SMILES string of the molecule is Nc1ccc(C(=O)O)c2ccc(O)cc12. The van der Waals surface area contributed by atoms with Crippen molar-refractivity contribution >= 4 is 22.4 Å². The zero-order valence-corrected chi connectivity index (χ0v) is 7.77. The van der Waals surface area contributed by atoms with Crippen LogP contribution in [0.3, 0.4) is 0 Å². The van der Waals surface area contributed by atoms with Crippen LogP contribution in [0.15, 0.2) is 30.3 Å². The Morgan fingerprint density at radius 2 is 1.87 bits per heavy atom. The fourth-order valence-corrected chi connectivity index (χ4v) is 1.55. The maximum absolute atomic E-state index is 10.9. The van der Waals surface area contributed by atoms with E-state index in [-0.39, 0.29) is 11.3 Å². The second-order valence-electron chi connectivity index (χ2n) is 3.24. The molecule has 76 valence electrons. The number of carboxylic acid groups (broad SMARTS) is 1. The topological polar surface area (TPSA) is 83.6 Å². The van der Waals surface area contributed by atoms with Crippen molar-refractivity contribution in [3.63, 3.8) is 0 Å². The fraction of sp³-hybridized carbons (Fsp3) is 0. The fourth-order valence-electron chi connectivity index (χ4n) is 1.55. The number of aromatic carboxylic acids is 1. The van der Waals surface area contributed by atoms with Crippen LogP contribution in [0.2, 0.25) is 0 Å². The maximum Gasteiger partial charge on any atom is 0.336 e. The number of phenolic OH excluding ortho intramolecular Hbond substituents is 1. The number of aromatic hydroxyl groups is 1. The third-order valence-corrected chi connectivity index (χ3v) is 2.26. The molecule has 0 heterocycles. The van der Waals surface area contributed by atoms with Gasteiger partial charge in [-0.05, 0) is 35.7 Å². The third-order valence-electron chi connectivity index (χ3n) is 2.26. The van der Waals surface area contributed by atoms with Crippen LogP contribution >= 0.6 is 0 Å². The monoisotopic (exact) mass is 203 g/mol. The van der Waals surface area contributed by atoms with E-state index in [1.54, 1.807) is 6.07 Å². The Kier molecular flexibility index (Phi) is 1.97. The lowest BCUT2D eigenvalue weighted by atomic mass is 10.0. The molecule has 2 rings (SSSR count). The number of phenols is 1. The predicted molar refractivity (Wildman–Crippen MR) is 57.0 cm³/mol. The summed E-state index contributed by atoms with van der Waals surface area (Å²) in [5.41, 5.74) is 6.32. The van der Waals surface area contributed by atoms with Crippen LogP contribution in [-0.2, 0) is 0 Å². The Bertz CT molecular complexity index is 549. The number of carbonyl (C=O) groups is 1. The molecule has 0 amide bonds. The summed E-state index contributed by atoms with van der Waals surface area (Å²) in [4.78, 5) is 10.9. The molecule has 0 atom stereocenters. The lowest BCUT2D eigenvalue weighted by molar-refractivity contribution is 0.0699. The van der Waals surface area contributed by atoms with Gasteiger partial charge in [-0.15, -0.1) is 0 Å². The summed E-state index contributed by atoms with van der Waals surface area (Å²) in [6.45, 7) is 0. The van der Waals surface area contributed by atoms with Gasteiger partial charge in [0.1, 0.15) is 5.75 Å². The van der Waals surface area contributed by atoms with Crippen molar-refractivity contribution < 1.29 is 15.0 Å². The number of benzene rings is 2. The number of fused-ring (bicyclic) bond motifs is 1. The molecule has 4 N–H and O–H groups in total. The lowest BCUT2D eigenvalue weighted by Gasteiger charge is -2.05.